The maximum absolute atomic E-state index is 12.5. The fraction of sp³-hybridized carbons (Fsp3) is 0.412. The Labute approximate surface area is 135 Å². The normalized spacial score (nSPS) is 18.2. The highest BCUT2D eigenvalue weighted by molar-refractivity contribution is 7.07. The highest BCUT2D eigenvalue weighted by Gasteiger charge is 2.25. The van der Waals surface area contributed by atoms with E-state index >= 15 is 0 Å². The lowest BCUT2D eigenvalue weighted by Crippen LogP contribution is -2.39. The fourth-order valence-corrected chi connectivity index (χ4v) is 3.66. The molecule has 0 aliphatic carbocycles. The zero-order valence-electron chi connectivity index (χ0n) is 12.8. The molecule has 1 aliphatic heterocycles. The van der Waals surface area contributed by atoms with Crippen LogP contribution >= 0.6 is 11.3 Å². The summed E-state index contributed by atoms with van der Waals surface area (Å²) >= 11 is 1.65. The highest BCUT2D eigenvalue weighted by atomic mass is 32.1. The molecule has 1 fully saturated rings. The molecule has 1 aliphatic rings. The summed E-state index contributed by atoms with van der Waals surface area (Å²) in [5.41, 5.74) is 2.39. The first kappa shape index (κ1) is 15.0. The van der Waals surface area contributed by atoms with Crippen molar-refractivity contribution in [3.8, 4) is 0 Å². The van der Waals surface area contributed by atoms with Crippen LogP contribution in [0.25, 0.3) is 0 Å². The Hall–Kier alpha value is -1.88. The maximum Gasteiger partial charge on any atom is 0.227 e. The van der Waals surface area contributed by atoms with Crippen molar-refractivity contribution in [3.63, 3.8) is 0 Å². The van der Waals surface area contributed by atoms with E-state index in [0.717, 1.165) is 37.3 Å². The molecule has 0 bridgehead atoms. The standard InChI is InChI=1S/C17H21N3OS/c1-18-16-10-14(4-6-19-16)15-3-2-7-20(11-15)17(21)9-13-5-8-22-12-13/h4-6,8,10,12,15H,2-3,7,9,11H2,1H3,(H,18,19)/t15-/m1/s1. The van der Waals surface area contributed by atoms with Gasteiger partial charge in [-0.3, -0.25) is 4.79 Å². The smallest absolute Gasteiger partial charge is 0.227 e. The maximum atomic E-state index is 12.5. The van der Waals surface area contributed by atoms with Gasteiger partial charge in [-0.05, 0) is 52.9 Å². The quantitative estimate of drug-likeness (QED) is 0.943. The lowest BCUT2D eigenvalue weighted by molar-refractivity contribution is -0.131. The van der Waals surface area contributed by atoms with E-state index in [-0.39, 0.29) is 5.91 Å². The number of nitrogens with one attached hydrogen (secondary N) is 1. The number of piperidine rings is 1. The predicted molar refractivity (Wildman–Crippen MR) is 90.4 cm³/mol. The third kappa shape index (κ3) is 3.47. The van der Waals surface area contributed by atoms with E-state index in [9.17, 15) is 4.79 Å². The van der Waals surface area contributed by atoms with Crippen LogP contribution in [0.1, 0.15) is 29.9 Å². The Morgan fingerprint density at radius 1 is 1.50 bits per heavy atom. The number of amides is 1. The molecule has 2 aromatic rings. The van der Waals surface area contributed by atoms with Crippen molar-refractivity contribution >= 4 is 23.1 Å². The zero-order chi connectivity index (χ0) is 15.4. The number of rotatable bonds is 4. The van der Waals surface area contributed by atoms with Crippen LogP contribution in [0.15, 0.2) is 35.2 Å². The van der Waals surface area contributed by atoms with Crippen LogP contribution in [0.2, 0.25) is 0 Å². The Morgan fingerprint density at radius 3 is 3.18 bits per heavy atom. The number of thiophene rings is 1. The van der Waals surface area contributed by atoms with Gasteiger partial charge < -0.3 is 10.2 Å². The topological polar surface area (TPSA) is 45.2 Å². The van der Waals surface area contributed by atoms with Gasteiger partial charge in [-0.15, -0.1) is 0 Å². The van der Waals surface area contributed by atoms with Crippen molar-refractivity contribution in [2.75, 3.05) is 25.5 Å². The van der Waals surface area contributed by atoms with Gasteiger partial charge in [0.05, 0.1) is 6.42 Å². The second-order valence-corrected chi connectivity index (χ2v) is 6.49. The summed E-state index contributed by atoms with van der Waals surface area (Å²) in [7, 11) is 1.88. The number of anilines is 1. The van der Waals surface area contributed by atoms with Crippen LogP contribution in [0.3, 0.4) is 0 Å². The number of carbonyl (C=O) groups is 1. The first-order valence-electron chi connectivity index (χ1n) is 7.69. The fourth-order valence-electron chi connectivity index (χ4n) is 2.99. The van der Waals surface area contributed by atoms with Crippen molar-refractivity contribution in [1.29, 1.82) is 0 Å². The second kappa shape index (κ2) is 6.92. The Morgan fingerprint density at radius 2 is 2.41 bits per heavy atom. The molecule has 1 N–H and O–H groups in total. The summed E-state index contributed by atoms with van der Waals surface area (Å²) in [4.78, 5) is 18.8. The van der Waals surface area contributed by atoms with Crippen molar-refractivity contribution in [3.05, 3.63) is 46.3 Å². The average Bonchev–Trinajstić information content (AvgIpc) is 3.08. The molecule has 1 amide bonds. The number of likely N-dealkylation sites (tertiary alicyclic amines) is 1. The minimum Gasteiger partial charge on any atom is -0.373 e. The number of carbonyl (C=O) groups excluding carboxylic acids is 1. The van der Waals surface area contributed by atoms with Crippen molar-refractivity contribution in [2.24, 2.45) is 0 Å². The van der Waals surface area contributed by atoms with Crippen LogP contribution in [-0.4, -0.2) is 35.9 Å². The van der Waals surface area contributed by atoms with E-state index < -0.39 is 0 Å². The van der Waals surface area contributed by atoms with Gasteiger partial charge in [0.1, 0.15) is 5.82 Å². The Balaban J connectivity index is 1.67. The monoisotopic (exact) mass is 315 g/mol. The van der Waals surface area contributed by atoms with Crippen LogP contribution < -0.4 is 5.32 Å². The van der Waals surface area contributed by atoms with Gasteiger partial charge in [-0.25, -0.2) is 4.98 Å². The summed E-state index contributed by atoms with van der Waals surface area (Å²) in [5, 5.41) is 7.16. The van der Waals surface area contributed by atoms with E-state index in [2.05, 4.69) is 27.8 Å². The van der Waals surface area contributed by atoms with Gasteiger partial charge in [0.2, 0.25) is 5.91 Å². The Kier molecular flexibility index (Phi) is 4.73. The molecule has 0 radical (unpaired) electrons. The molecule has 1 atom stereocenters. The SMILES string of the molecule is CNc1cc([C@@H]2CCCN(C(=O)Cc3ccsc3)C2)ccn1. The van der Waals surface area contributed by atoms with E-state index in [4.69, 9.17) is 0 Å². The lowest BCUT2D eigenvalue weighted by Gasteiger charge is -2.33. The summed E-state index contributed by atoms with van der Waals surface area (Å²) in [6.07, 6.45) is 4.56. The van der Waals surface area contributed by atoms with Gasteiger partial charge >= 0.3 is 0 Å². The molecular formula is C17H21N3OS. The highest BCUT2D eigenvalue weighted by Crippen LogP contribution is 2.28. The van der Waals surface area contributed by atoms with E-state index in [0.29, 0.717) is 12.3 Å². The largest absolute Gasteiger partial charge is 0.373 e. The second-order valence-electron chi connectivity index (χ2n) is 5.71. The molecule has 0 saturated carbocycles. The number of hydrogen-bond donors (Lipinski definition) is 1. The van der Waals surface area contributed by atoms with Gasteiger partial charge in [0, 0.05) is 32.3 Å². The zero-order valence-corrected chi connectivity index (χ0v) is 13.6. The van der Waals surface area contributed by atoms with Crippen molar-refractivity contribution in [2.45, 2.75) is 25.2 Å². The molecule has 3 rings (SSSR count). The van der Waals surface area contributed by atoms with Crippen LogP contribution in [0.5, 0.6) is 0 Å². The van der Waals surface area contributed by atoms with Gasteiger partial charge in [0.15, 0.2) is 0 Å². The minimum atomic E-state index is 0.242. The summed E-state index contributed by atoms with van der Waals surface area (Å²) in [6, 6.07) is 6.20. The predicted octanol–water partition coefficient (Wildman–Crippen LogP) is 3.13. The summed E-state index contributed by atoms with van der Waals surface area (Å²) in [6.45, 7) is 1.69. The number of pyridine rings is 1. The first-order valence-corrected chi connectivity index (χ1v) is 8.63. The van der Waals surface area contributed by atoms with Gasteiger partial charge in [-0.2, -0.15) is 11.3 Å². The van der Waals surface area contributed by atoms with Crippen LogP contribution in [-0.2, 0) is 11.2 Å². The minimum absolute atomic E-state index is 0.242. The van der Waals surface area contributed by atoms with Gasteiger partial charge in [-0.1, -0.05) is 0 Å². The molecule has 0 unspecified atom stereocenters. The van der Waals surface area contributed by atoms with Crippen LogP contribution in [0.4, 0.5) is 5.82 Å². The van der Waals surface area contributed by atoms with Crippen LogP contribution in [0, 0.1) is 0 Å². The number of nitrogens with zero attached hydrogens (tertiary/aromatic N) is 2. The number of hydrogen-bond acceptors (Lipinski definition) is 4. The van der Waals surface area contributed by atoms with Crippen molar-refractivity contribution in [1.82, 2.24) is 9.88 Å². The Bertz CT molecular complexity index is 627. The molecular weight excluding hydrogens is 294 g/mol. The molecule has 3 heterocycles. The third-order valence-corrected chi connectivity index (χ3v) is 4.95. The molecule has 22 heavy (non-hydrogen) atoms. The number of aromatic nitrogens is 1. The van der Waals surface area contributed by atoms with E-state index in [1.54, 1.807) is 11.3 Å². The molecule has 0 aromatic carbocycles. The van der Waals surface area contributed by atoms with Crippen molar-refractivity contribution < 1.29 is 4.79 Å². The molecule has 0 spiro atoms. The first-order chi connectivity index (χ1) is 10.8. The lowest BCUT2D eigenvalue weighted by atomic mass is 9.91. The van der Waals surface area contributed by atoms with E-state index in [1.807, 2.05) is 29.6 Å². The molecule has 1 saturated heterocycles. The van der Waals surface area contributed by atoms with Gasteiger partial charge in [0.25, 0.3) is 0 Å². The summed E-state index contributed by atoms with van der Waals surface area (Å²) < 4.78 is 0. The van der Waals surface area contributed by atoms with E-state index in [1.165, 1.54) is 5.56 Å². The molecule has 5 heteroatoms. The molecule has 4 nitrogen and oxygen atoms in total. The third-order valence-electron chi connectivity index (χ3n) is 4.22. The molecule has 2 aromatic heterocycles. The molecule has 116 valence electrons. The average molecular weight is 315 g/mol. The summed E-state index contributed by atoms with van der Waals surface area (Å²) in [5.74, 6) is 1.54.